The van der Waals surface area contributed by atoms with Gasteiger partial charge in [0.05, 0.1) is 0 Å². The Balaban J connectivity index is 3.11. The van der Waals surface area contributed by atoms with Crippen molar-refractivity contribution in [1.29, 1.82) is 0 Å². The molecule has 0 rings (SSSR count). The van der Waals surface area contributed by atoms with Crippen molar-refractivity contribution >= 4 is 7.60 Å². The Bertz CT molecular complexity index is 207. The Morgan fingerprint density at radius 2 is 1.29 bits per heavy atom. The molecule has 1 N–H and O–H groups in total. The highest BCUT2D eigenvalue weighted by molar-refractivity contribution is 7.52. The van der Waals surface area contributed by atoms with Gasteiger partial charge in [0.2, 0.25) is 0 Å². The van der Waals surface area contributed by atoms with Crippen LogP contribution in [0.2, 0.25) is 0 Å². The molecule has 0 aromatic rings. The summed E-state index contributed by atoms with van der Waals surface area (Å²) in [6.45, 7) is 2.24. The smallest absolute Gasteiger partial charge is 0.324 e. The van der Waals surface area contributed by atoms with E-state index in [4.69, 9.17) is 0 Å². The van der Waals surface area contributed by atoms with Gasteiger partial charge in [0.15, 0.2) is 0 Å². The van der Waals surface area contributed by atoms with Gasteiger partial charge in [-0.3, -0.25) is 4.57 Å². The van der Waals surface area contributed by atoms with Crippen molar-refractivity contribution in [2.75, 3.05) is 13.3 Å². The fourth-order valence-corrected chi connectivity index (χ4v) is 2.70. The lowest BCUT2D eigenvalue weighted by Gasteiger charge is -2.07. The second-order valence-electron chi connectivity index (χ2n) is 4.73. The minimum absolute atomic E-state index is 0.306. The Hall–Kier alpha value is 0.150. The zero-order valence-electron chi connectivity index (χ0n) is 11.5. The maximum absolute atomic E-state index is 11.2. The first-order valence-corrected chi connectivity index (χ1v) is 8.76. The predicted octanol–water partition coefficient (Wildman–Crippen LogP) is 4.74. The molecule has 0 aliphatic carbocycles. The summed E-state index contributed by atoms with van der Waals surface area (Å²) in [5.74, 6) is 0. The molecular weight excluding hydrogens is 235 g/mol. The lowest BCUT2D eigenvalue weighted by Crippen LogP contribution is -1.91. The lowest BCUT2D eigenvalue weighted by atomic mass is 10.1. The van der Waals surface area contributed by atoms with Crippen molar-refractivity contribution in [1.82, 2.24) is 0 Å². The zero-order valence-corrected chi connectivity index (χ0v) is 12.4. The van der Waals surface area contributed by atoms with E-state index in [1.165, 1.54) is 58.5 Å². The van der Waals surface area contributed by atoms with E-state index in [1.54, 1.807) is 0 Å². The van der Waals surface area contributed by atoms with Gasteiger partial charge in [-0.2, -0.15) is 0 Å². The van der Waals surface area contributed by atoms with Crippen LogP contribution in [0.25, 0.3) is 0 Å². The molecule has 0 saturated heterocycles. The van der Waals surface area contributed by atoms with Crippen LogP contribution in [0.3, 0.4) is 0 Å². The van der Waals surface area contributed by atoms with Gasteiger partial charge in [-0.1, -0.05) is 64.7 Å². The zero-order chi connectivity index (χ0) is 13.0. The van der Waals surface area contributed by atoms with E-state index in [2.05, 4.69) is 11.4 Å². The number of hydrogen-bond donors (Lipinski definition) is 1. The van der Waals surface area contributed by atoms with E-state index in [-0.39, 0.29) is 0 Å². The summed E-state index contributed by atoms with van der Waals surface area (Å²) in [7, 11) is -1.94. The third-order valence-corrected chi connectivity index (χ3v) is 4.53. The van der Waals surface area contributed by atoms with Crippen molar-refractivity contribution in [3.63, 3.8) is 0 Å². The van der Waals surface area contributed by atoms with Crippen LogP contribution in [-0.2, 0) is 9.09 Å². The lowest BCUT2D eigenvalue weighted by molar-refractivity contribution is 0.314. The van der Waals surface area contributed by atoms with Gasteiger partial charge >= 0.3 is 7.60 Å². The molecule has 17 heavy (non-hydrogen) atoms. The van der Waals surface area contributed by atoms with Gasteiger partial charge in [-0.05, 0) is 6.42 Å². The average Bonchev–Trinajstić information content (AvgIpc) is 2.31. The van der Waals surface area contributed by atoms with Crippen LogP contribution in [0.4, 0.5) is 0 Å². The number of rotatable bonds is 12. The van der Waals surface area contributed by atoms with Crippen molar-refractivity contribution in [3.05, 3.63) is 0 Å². The van der Waals surface area contributed by atoms with Crippen LogP contribution in [0, 0.1) is 0 Å². The molecule has 0 amide bonds. The Kier molecular flexibility index (Phi) is 11.4. The summed E-state index contributed by atoms with van der Waals surface area (Å²) in [6, 6.07) is 0. The molecule has 0 aliphatic rings. The highest BCUT2D eigenvalue weighted by Crippen LogP contribution is 2.41. The third kappa shape index (κ3) is 12.4. The highest BCUT2D eigenvalue weighted by atomic mass is 31.2. The normalized spacial score (nSPS) is 14.8. The topological polar surface area (TPSA) is 46.5 Å². The summed E-state index contributed by atoms with van der Waals surface area (Å²) in [5, 5.41) is 0. The maximum atomic E-state index is 11.2. The molecule has 0 aromatic carbocycles. The van der Waals surface area contributed by atoms with Crippen LogP contribution in [0.5, 0.6) is 0 Å². The summed E-state index contributed by atoms with van der Waals surface area (Å²) in [4.78, 5) is 9.18. The first-order valence-electron chi connectivity index (χ1n) is 7.00. The van der Waals surface area contributed by atoms with Crippen molar-refractivity contribution < 1.29 is 14.0 Å². The molecule has 3 nitrogen and oxygen atoms in total. The standard InChI is InChI=1S/C13H29O3P/c1-3-4-5-6-7-8-9-10-11-12-13-17(14,15)16-2/h3-13H2,1-2H3,(H,14,15). The van der Waals surface area contributed by atoms with Gasteiger partial charge < -0.3 is 9.42 Å². The average molecular weight is 264 g/mol. The fourth-order valence-electron chi connectivity index (χ4n) is 1.89. The molecule has 104 valence electrons. The van der Waals surface area contributed by atoms with E-state index in [1.807, 2.05) is 0 Å². The molecule has 0 radical (unpaired) electrons. The van der Waals surface area contributed by atoms with Gasteiger partial charge in [-0.15, -0.1) is 0 Å². The Morgan fingerprint density at radius 1 is 0.882 bits per heavy atom. The molecule has 0 fully saturated rings. The summed E-state index contributed by atoms with van der Waals surface area (Å²) in [5.41, 5.74) is 0. The van der Waals surface area contributed by atoms with Crippen LogP contribution >= 0.6 is 7.60 Å². The molecule has 4 heteroatoms. The first kappa shape index (κ1) is 17.2. The number of unbranched alkanes of at least 4 members (excludes halogenated alkanes) is 9. The van der Waals surface area contributed by atoms with Crippen LogP contribution in [0.1, 0.15) is 71.1 Å². The van der Waals surface area contributed by atoms with Crippen LogP contribution < -0.4 is 0 Å². The molecule has 0 aliphatic heterocycles. The molecule has 1 unspecified atom stereocenters. The Labute approximate surface area is 106 Å². The molecule has 1 atom stereocenters. The van der Waals surface area contributed by atoms with Crippen molar-refractivity contribution in [2.45, 2.75) is 71.1 Å². The van der Waals surface area contributed by atoms with E-state index >= 15 is 0 Å². The summed E-state index contributed by atoms with van der Waals surface area (Å²) < 4.78 is 15.7. The van der Waals surface area contributed by atoms with E-state index in [0.717, 1.165) is 12.8 Å². The SMILES string of the molecule is CCCCCCCCCCCCP(=O)(O)OC. The molecule has 0 heterocycles. The van der Waals surface area contributed by atoms with E-state index < -0.39 is 7.60 Å². The fraction of sp³-hybridized carbons (Fsp3) is 1.00. The van der Waals surface area contributed by atoms with Gasteiger partial charge in [0.25, 0.3) is 0 Å². The monoisotopic (exact) mass is 264 g/mol. The third-order valence-electron chi connectivity index (χ3n) is 3.08. The molecule has 0 aromatic heterocycles. The molecule has 0 spiro atoms. The van der Waals surface area contributed by atoms with Crippen molar-refractivity contribution in [2.24, 2.45) is 0 Å². The maximum Gasteiger partial charge on any atom is 0.327 e. The van der Waals surface area contributed by atoms with Gasteiger partial charge in [0, 0.05) is 13.3 Å². The quantitative estimate of drug-likeness (QED) is 0.409. The van der Waals surface area contributed by atoms with Crippen LogP contribution in [-0.4, -0.2) is 18.2 Å². The van der Waals surface area contributed by atoms with Gasteiger partial charge in [0.1, 0.15) is 0 Å². The first-order chi connectivity index (χ1) is 8.12. The predicted molar refractivity (Wildman–Crippen MR) is 73.5 cm³/mol. The minimum Gasteiger partial charge on any atom is -0.324 e. The Morgan fingerprint density at radius 3 is 1.71 bits per heavy atom. The molecule has 0 bridgehead atoms. The summed E-state index contributed by atoms with van der Waals surface area (Å²) >= 11 is 0. The highest BCUT2D eigenvalue weighted by Gasteiger charge is 2.15. The van der Waals surface area contributed by atoms with E-state index in [0.29, 0.717) is 6.16 Å². The molecular formula is C13H29O3P. The summed E-state index contributed by atoms with van der Waals surface area (Å²) in [6.07, 6.45) is 12.7. The second kappa shape index (κ2) is 11.3. The van der Waals surface area contributed by atoms with Crippen molar-refractivity contribution in [3.8, 4) is 0 Å². The number of hydrogen-bond acceptors (Lipinski definition) is 2. The largest absolute Gasteiger partial charge is 0.327 e. The second-order valence-corrected chi connectivity index (χ2v) is 6.81. The van der Waals surface area contributed by atoms with E-state index in [9.17, 15) is 9.46 Å². The minimum atomic E-state index is -3.25. The van der Waals surface area contributed by atoms with Gasteiger partial charge in [-0.25, -0.2) is 0 Å². The molecule has 0 saturated carbocycles. The van der Waals surface area contributed by atoms with Crippen LogP contribution in [0.15, 0.2) is 0 Å².